The number of carbonyl (C=O) groups is 1. The van der Waals surface area contributed by atoms with Crippen LogP contribution in [0.4, 0.5) is 0 Å². The second kappa shape index (κ2) is 5.70. The molecule has 0 unspecified atom stereocenters. The Kier molecular flexibility index (Phi) is 3.88. The average Bonchev–Trinajstić information content (AvgIpc) is 3.02. The average molecular weight is 303 g/mol. The Balaban J connectivity index is 2.02. The third-order valence-electron chi connectivity index (χ3n) is 4.18. The number of carbonyl (C=O) groups excluding carboxylic acids is 1. The molecule has 0 spiro atoms. The molecule has 0 radical (unpaired) electrons. The molecule has 6 nitrogen and oxygen atoms in total. The Morgan fingerprint density at radius 3 is 2.91 bits per heavy atom. The van der Waals surface area contributed by atoms with Crippen molar-refractivity contribution in [3.63, 3.8) is 0 Å². The number of hydrogen-bond donors (Lipinski definition) is 1. The molecule has 3 rings (SSSR count). The zero-order valence-electron chi connectivity index (χ0n) is 13.1. The standard InChI is InChI=1S/C16H21N3O3/c1-4-18(12-8-22-9-13(12)20)16(21)15-11(3)17-14-7-10(2)5-6-19(14)15/h5-7,12-13,20H,4,8-9H2,1-3H3/t12-,13-/m0/s1. The molecule has 118 valence electrons. The monoisotopic (exact) mass is 303 g/mol. The summed E-state index contributed by atoms with van der Waals surface area (Å²) in [6, 6.07) is 3.61. The SMILES string of the molecule is CCN(C(=O)c1c(C)nc2cc(C)ccn12)[C@H]1COC[C@@H]1O. The lowest BCUT2D eigenvalue weighted by Gasteiger charge is -2.28. The Morgan fingerprint density at radius 2 is 2.27 bits per heavy atom. The Labute approximate surface area is 129 Å². The minimum atomic E-state index is -0.634. The summed E-state index contributed by atoms with van der Waals surface area (Å²) in [5.74, 6) is -0.120. The van der Waals surface area contributed by atoms with E-state index in [1.807, 2.05) is 43.5 Å². The molecular weight excluding hydrogens is 282 g/mol. The van der Waals surface area contributed by atoms with Crippen molar-refractivity contribution in [1.82, 2.24) is 14.3 Å². The van der Waals surface area contributed by atoms with E-state index in [0.29, 0.717) is 24.5 Å². The number of ether oxygens (including phenoxy) is 1. The van der Waals surface area contributed by atoms with Gasteiger partial charge in [0, 0.05) is 12.7 Å². The van der Waals surface area contributed by atoms with Crippen LogP contribution in [0.25, 0.3) is 5.65 Å². The number of imidazole rings is 1. The van der Waals surface area contributed by atoms with Crippen molar-refractivity contribution in [2.24, 2.45) is 0 Å². The molecule has 22 heavy (non-hydrogen) atoms. The van der Waals surface area contributed by atoms with Crippen LogP contribution in [-0.2, 0) is 4.74 Å². The molecule has 2 aromatic heterocycles. The normalized spacial score (nSPS) is 21.5. The number of aromatic nitrogens is 2. The smallest absolute Gasteiger partial charge is 0.273 e. The third-order valence-corrected chi connectivity index (χ3v) is 4.18. The second-order valence-electron chi connectivity index (χ2n) is 5.74. The van der Waals surface area contributed by atoms with E-state index in [4.69, 9.17) is 4.74 Å². The van der Waals surface area contributed by atoms with Crippen molar-refractivity contribution < 1.29 is 14.6 Å². The molecule has 1 aliphatic rings. The number of rotatable bonds is 3. The van der Waals surface area contributed by atoms with Gasteiger partial charge in [-0.2, -0.15) is 0 Å². The fraction of sp³-hybridized carbons (Fsp3) is 0.500. The number of aryl methyl sites for hydroxylation is 2. The maximum Gasteiger partial charge on any atom is 0.273 e. The summed E-state index contributed by atoms with van der Waals surface area (Å²) in [5.41, 5.74) is 3.11. The Hall–Kier alpha value is -1.92. The van der Waals surface area contributed by atoms with Crippen LogP contribution in [-0.4, -0.2) is 57.2 Å². The lowest BCUT2D eigenvalue weighted by Crippen LogP contribution is -2.47. The molecule has 1 N–H and O–H groups in total. The first-order valence-electron chi connectivity index (χ1n) is 7.55. The molecule has 2 atom stereocenters. The maximum atomic E-state index is 13.0. The second-order valence-corrected chi connectivity index (χ2v) is 5.74. The van der Waals surface area contributed by atoms with Crippen LogP contribution in [0.15, 0.2) is 18.3 Å². The van der Waals surface area contributed by atoms with E-state index in [1.165, 1.54) is 0 Å². The van der Waals surface area contributed by atoms with Crippen molar-refractivity contribution in [2.75, 3.05) is 19.8 Å². The molecule has 1 amide bonds. The zero-order chi connectivity index (χ0) is 15.9. The quantitative estimate of drug-likeness (QED) is 0.924. The third kappa shape index (κ3) is 2.38. The Bertz CT molecular complexity index is 710. The van der Waals surface area contributed by atoms with Gasteiger partial charge in [-0.15, -0.1) is 0 Å². The summed E-state index contributed by atoms with van der Waals surface area (Å²) < 4.78 is 7.10. The van der Waals surface area contributed by atoms with Crippen LogP contribution in [0.2, 0.25) is 0 Å². The van der Waals surface area contributed by atoms with Crippen molar-refractivity contribution in [2.45, 2.75) is 32.9 Å². The van der Waals surface area contributed by atoms with Gasteiger partial charge in [0.05, 0.1) is 31.1 Å². The molecule has 2 aromatic rings. The summed E-state index contributed by atoms with van der Waals surface area (Å²) in [6.45, 7) is 6.91. The Morgan fingerprint density at radius 1 is 1.50 bits per heavy atom. The van der Waals surface area contributed by atoms with Gasteiger partial charge in [0.1, 0.15) is 11.3 Å². The van der Waals surface area contributed by atoms with Gasteiger partial charge in [-0.1, -0.05) is 0 Å². The fourth-order valence-corrected chi connectivity index (χ4v) is 3.02. The van der Waals surface area contributed by atoms with Gasteiger partial charge in [-0.25, -0.2) is 4.98 Å². The lowest BCUT2D eigenvalue weighted by molar-refractivity contribution is 0.0513. The summed E-state index contributed by atoms with van der Waals surface area (Å²) in [5, 5.41) is 10.0. The molecule has 6 heteroatoms. The summed E-state index contributed by atoms with van der Waals surface area (Å²) in [4.78, 5) is 19.1. The molecule has 0 saturated carbocycles. The fourth-order valence-electron chi connectivity index (χ4n) is 3.02. The number of aliphatic hydroxyl groups excluding tert-OH is 1. The first-order valence-corrected chi connectivity index (χ1v) is 7.55. The first-order chi connectivity index (χ1) is 10.5. The van der Waals surface area contributed by atoms with Gasteiger partial charge < -0.3 is 14.7 Å². The highest BCUT2D eigenvalue weighted by Gasteiger charge is 2.35. The van der Waals surface area contributed by atoms with E-state index in [-0.39, 0.29) is 18.6 Å². The summed E-state index contributed by atoms with van der Waals surface area (Å²) >= 11 is 0. The van der Waals surface area contributed by atoms with Gasteiger partial charge >= 0.3 is 0 Å². The highest BCUT2D eigenvalue weighted by atomic mass is 16.5. The van der Waals surface area contributed by atoms with Crippen molar-refractivity contribution in [3.8, 4) is 0 Å². The number of hydrogen-bond acceptors (Lipinski definition) is 4. The molecule has 1 fully saturated rings. The minimum absolute atomic E-state index is 0.120. The van der Waals surface area contributed by atoms with Gasteiger partial charge in [0.25, 0.3) is 5.91 Å². The molecule has 3 heterocycles. The van der Waals surface area contributed by atoms with E-state index < -0.39 is 6.10 Å². The first kappa shape index (κ1) is 15.0. The minimum Gasteiger partial charge on any atom is -0.388 e. The van der Waals surface area contributed by atoms with Crippen molar-refractivity contribution in [1.29, 1.82) is 0 Å². The van der Waals surface area contributed by atoms with Crippen LogP contribution in [0, 0.1) is 13.8 Å². The maximum absolute atomic E-state index is 13.0. The van der Waals surface area contributed by atoms with Gasteiger partial charge in [0.15, 0.2) is 0 Å². The van der Waals surface area contributed by atoms with Gasteiger partial charge in [-0.3, -0.25) is 9.20 Å². The number of aliphatic hydroxyl groups is 1. The van der Waals surface area contributed by atoms with Crippen LogP contribution in [0.3, 0.4) is 0 Å². The number of nitrogens with zero attached hydrogens (tertiary/aromatic N) is 3. The predicted molar refractivity (Wildman–Crippen MR) is 82.0 cm³/mol. The zero-order valence-corrected chi connectivity index (χ0v) is 13.1. The van der Waals surface area contributed by atoms with E-state index >= 15 is 0 Å². The van der Waals surface area contributed by atoms with Crippen LogP contribution >= 0.6 is 0 Å². The highest BCUT2D eigenvalue weighted by Crippen LogP contribution is 2.20. The van der Waals surface area contributed by atoms with Crippen molar-refractivity contribution >= 4 is 11.6 Å². The molecular formula is C16H21N3O3. The molecule has 1 aliphatic heterocycles. The van der Waals surface area contributed by atoms with Crippen LogP contribution < -0.4 is 0 Å². The van der Waals surface area contributed by atoms with E-state index in [0.717, 1.165) is 11.2 Å². The predicted octanol–water partition coefficient (Wildman–Crippen LogP) is 1.17. The van der Waals surface area contributed by atoms with Crippen LogP contribution in [0.5, 0.6) is 0 Å². The molecule has 0 aliphatic carbocycles. The van der Waals surface area contributed by atoms with E-state index in [2.05, 4.69) is 4.98 Å². The lowest BCUT2D eigenvalue weighted by atomic mass is 10.1. The van der Waals surface area contributed by atoms with Gasteiger partial charge in [-0.05, 0) is 38.5 Å². The van der Waals surface area contributed by atoms with E-state index in [9.17, 15) is 9.90 Å². The summed E-state index contributed by atoms with van der Waals surface area (Å²) in [6.07, 6.45) is 1.23. The van der Waals surface area contributed by atoms with Gasteiger partial charge in [0.2, 0.25) is 0 Å². The highest BCUT2D eigenvalue weighted by molar-refractivity contribution is 5.95. The van der Waals surface area contributed by atoms with E-state index in [1.54, 1.807) is 4.90 Å². The molecule has 0 bridgehead atoms. The summed E-state index contributed by atoms with van der Waals surface area (Å²) in [7, 11) is 0. The number of amides is 1. The molecule has 1 saturated heterocycles. The number of fused-ring (bicyclic) bond motifs is 1. The molecule has 0 aromatic carbocycles. The number of pyridine rings is 1. The van der Waals surface area contributed by atoms with Crippen LogP contribution in [0.1, 0.15) is 28.7 Å². The van der Waals surface area contributed by atoms with Crippen molar-refractivity contribution in [3.05, 3.63) is 35.3 Å². The topological polar surface area (TPSA) is 67.1 Å². The number of likely N-dealkylation sites (N-methyl/N-ethyl adjacent to an activating group) is 1. The largest absolute Gasteiger partial charge is 0.388 e.